The zero-order chi connectivity index (χ0) is 10.0. The highest BCUT2D eigenvalue weighted by molar-refractivity contribution is 6.30. The molecular weight excluding hydrogens is 219 g/mol. The Kier molecular flexibility index (Phi) is 3.45. The molecule has 5 heteroatoms. The van der Waals surface area contributed by atoms with Gasteiger partial charge in [-0.25, -0.2) is 13.8 Å². The van der Waals surface area contributed by atoms with Crippen LogP contribution in [0, 0.1) is 6.92 Å². The molecule has 1 nitrogen and oxygen atoms in total. The van der Waals surface area contributed by atoms with E-state index in [-0.39, 0.29) is 22.3 Å². The van der Waals surface area contributed by atoms with E-state index in [9.17, 15) is 8.78 Å². The molecule has 1 aromatic heterocycles. The van der Waals surface area contributed by atoms with Gasteiger partial charge in [-0.2, -0.15) is 0 Å². The molecule has 0 fully saturated rings. The Balaban J connectivity index is 3.25. The highest BCUT2D eigenvalue weighted by Crippen LogP contribution is 2.26. The van der Waals surface area contributed by atoms with E-state index >= 15 is 0 Å². The van der Waals surface area contributed by atoms with Crippen LogP contribution in [0.15, 0.2) is 6.07 Å². The fourth-order valence-corrected chi connectivity index (χ4v) is 1.31. The van der Waals surface area contributed by atoms with Crippen molar-refractivity contribution in [3.8, 4) is 0 Å². The minimum absolute atomic E-state index is 0.0559. The van der Waals surface area contributed by atoms with Gasteiger partial charge in [-0.05, 0) is 18.6 Å². The Bertz CT molecular complexity index is 315. The lowest BCUT2D eigenvalue weighted by Crippen LogP contribution is -1.98. The minimum Gasteiger partial charge on any atom is -0.239 e. The first kappa shape index (κ1) is 10.7. The third-order valence-corrected chi connectivity index (χ3v) is 2.26. The Morgan fingerprint density at radius 2 is 2.15 bits per heavy atom. The van der Waals surface area contributed by atoms with Gasteiger partial charge in [-0.1, -0.05) is 11.6 Å². The lowest BCUT2D eigenvalue weighted by molar-refractivity contribution is 0.150. The number of rotatable bonds is 2. The Labute approximate surface area is 84.7 Å². The van der Waals surface area contributed by atoms with Crippen molar-refractivity contribution < 1.29 is 8.78 Å². The maximum Gasteiger partial charge on any atom is 0.265 e. The van der Waals surface area contributed by atoms with Gasteiger partial charge in [0.15, 0.2) is 0 Å². The molecule has 0 amide bonds. The van der Waals surface area contributed by atoms with Gasteiger partial charge in [0, 0.05) is 5.56 Å². The van der Waals surface area contributed by atoms with E-state index in [4.69, 9.17) is 23.2 Å². The average molecular weight is 226 g/mol. The standard InChI is InChI=1S/C8H7Cl2F2N/c1-4-2-5(8(11)12)6(3-9)13-7(4)10/h2,8H,3H2,1H3. The normalized spacial score (nSPS) is 10.9. The summed E-state index contributed by atoms with van der Waals surface area (Å²) in [7, 11) is 0. The van der Waals surface area contributed by atoms with Crippen molar-refractivity contribution >= 4 is 23.2 Å². The number of alkyl halides is 3. The van der Waals surface area contributed by atoms with Gasteiger partial charge in [0.05, 0.1) is 11.6 Å². The molecule has 13 heavy (non-hydrogen) atoms. The number of aromatic nitrogens is 1. The third kappa shape index (κ3) is 2.29. The summed E-state index contributed by atoms with van der Waals surface area (Å²) < 4.78 is 24.8. The van der Waals surface area contributed by atoms with Gasteiger partial charge in [0.25, 0.3) is 6.43 Å². The highest BCUT2D eigenvalue weighted by Gasteiger charge is 2.15. The molecule has 0 aliphatic rings. The molecule has 0 bridgehead atoms. The van der Waals surface area contributed by atoms with Crippen molar-refractivity contribution in [1.29, 1.82) is 0 Å². The summed E-state index contributed by atoms with van der Waals surface area (Å²) >= 11 is 11.1. The first-order chi connectivity index (χ1) is 6.06. The van der Waals surface area contributed by atoms with Crippen LogP contribution in [0.25, 0.3) is 0 Å². The summed E-state index contributed by atoms with van der Waals surface area (Å²) in [6.45, 7) is 1.62. The van der Waals surface area contributed by atoms with Gasteiger partial charge < -0.3 is 0 Å². The lowest BCUT2D eigenvalue weighted by atomic mass is 10.1. The van der Waals surface area contributed by atoms with E-state index in [0.29, 0.717) is 5.56 Å². The number of pyridine rings is 1. The molecule has 0 spiro atoms. The monoisotopic (exact) mass is 225 g/mol. The SMILES string of the molecule is Cc1cc(C(F)F)c(CCl)nc1Cl. The molecule has 0 aromatic carbocycles. The molecular formula is C8H7Cl2F2N. The summed E-state index contributed by atoms with van der Waals surface area (Å²) in [6.07, 6.45) is -2.56. The fourth-order valence-electron chi connectivity index (χ4n) is 0.943. The largest absolute Gasteiger partial charge is 0.265 e. The van der Waals surface area contributed by atoms with Crippen LogP contribution in [0.3, 0.4) is 0 Å². The van der Waals surface area contributed by atoms with Gasteiger partial charge in [0.1, 0.15) is 5.15 Å². The number of halogens is 4. The first-order valence-corrected chi connectivity index (χ1v) is 4.47. The van der Waals surface area contributed by atoms with Crippen molar-refractivity contribution in [1.82, 2.24) is 4.98 Å². The van der Waals surface area contributed by atoms with Crippen molar-refractivity contribution in [2.24, 2.45) is 0 Å². The second kappa shape index (κ2) is 4.20. The zero-order valence-electron chi connectivity index (χ0n) is 6.82. The van der Waals surface area contributed by atoms with E-state index in [2.05, 4.69) is 4.98 Å². The van der Waals surface area contributed by atoms with Crippen LogP contribution in [0.4, 0.5) is 8.78 Å². The van der Waals surface area contributed by atoms with Crippen LogP contribution in [-0.2, 0) is 5.88 Å². The second-order valence-electron chi connectivity index (χ2n) is 2.57. The number of aryl methyl sites for hydroxylation is 1. The van der Waals surface area contributed by atoms with Crippen molar-refractivity contribution in [3.05, 3.63) is 28.0 Å². The van der Waals surface area contributed by atoms with Crippen molar-refractivity contribution in [3.63, 3.8) is 0 Å². The highest BCUT2D eigenvalue weighted by atomic mass is 35.5. The second-order valence-corrected chi connectivity index (χ2v) is 3.19. The Morgan fingerprint density at radius 3 is 2.62 bits per heavy atom. The molecule has 72 valence electrons. The Hall–Kier alpha value is -0.410. The van der Waals surface area contributed by atoms with Crippen LogP contribution in [-0.4, -0.2) is 4.98 Å². The molecule has 1 heterocycles. The van der Waals surface area contributed by atoms with Crippen molar-refractivity contribution in [2.45, 2.75) is 19.2 Å². The summed E-state index contributed by atoms with van der Waals surface area (Å²) in [5, 5.41) is 0.222. The van der Waals surface area contributed by atoms with E-state index in [1.165, 1.54) is 6.07 Å². The molecule has 0 N–H and O–H groups in total. The van der Waals surface area contributed by atoms with E-state index in [1.54, 1.807) is 6.92 Å². The number of hydrogen-bond acceptors (Lipinski definition) is 1. The maximum atomic E-state index is 12.4. The number of nitrogens with zero attached hydrogens (tertiary/aromatic N) is 1. The predicted octanol–water partition coefficient (Wildman–Crippen LogP) is 3.72. The van der Waals surface area contributed by atoms with Crippen molar-refractivity contribution in [2.75, 3.05) is 0 Å². The van der Waals surface area contributed by atoms with Gasteiger partial charge in [0.2, 0.25) is 0 Å². The van der Waals surface area contributed by atoms with E-state index in [1.807, 2.05) is 0 Å². The summed E-state index contributed by atoms with van der Waals surface area (Å²) in [5.41, 5.74) is 0.537. The molecule has 0 aliphatic heterocycles. The third-order valence-electron chi connectivity index (χ3n) is 1.63. The smallest absolute Gasteiger partial charge is 0.239 e. The topological polar surface area (TPSA) is 12.9 Å². The molecule has 0 saturated carbocycles. The fraction of sp³-hybridized carbons (Fsp3) is 0.375. The maximum absolute atomic E-state index is 12.4. The quantitative estimate of drug-likeness (QED) is 0.553. The summed E-state index contributed by atoms with van der Waals surface area (Å²) in [5.74, 6) is -0.0559. The van der Waals surface area contributed by atoms with E-state index < -0.39 is 6.43 Å². The lowest BCUT2D eigenvalue weighted by Gasteiger charge is -2.07. The van der Waals surface area contributed by atoms with Gasteiger partial charge in [-0.3, -0.25) is 0 Å². The number of hydrogen-bond donors (Lipinski definition) is 0. The summed E-state index contributed by atoms with van der Waals surface area (Å²) in [6, 6.07) is 1.32. The molecule has 1 aromatic rings. The zero-order valence-corrected chi connectivity index (χ0v) is 8.33. The van der Waals surface area contributed by atoms with Crippen LogP contribution in [0.1, 0.15) is 23.2 Å². The molecule has 0 unspecified atom stereocenters. The van der Waals surface area contributed by atoms with Crippen LogP contribution >= 0.6 is 23.2 Å². The molecule has 0 aliphatic carbocycles. The van der Waals surface area contributed by atoms with Crippen LogP contribution < -0.4 is 0 Å². The molecule has 0 saturated heterocycles. The van der Waals surface area contributed by atoms with Crippen LogP contribution in [0.2, 0.25) is 5.15 Å². The first-order valence-electron chi connectivity index (χ1n) is 3.56. The Morgan fingerprint density at radius 1 is 1.54 bits per heavy atom. The van der Waals surface area contributed by atoms with Crippen LogP contribution in [0.5, 0.6) is 0 Å². The summed E-state index contributed by atoms with van der Waals surface area (Å²) in [4.78, 5) is 3.77. The van der Waals surface area contributed by atoms with Gasteiger partial charge >= 0.3 is 0 Å². The predicted molar refractivity (Wildman–Crippen MR) is 48.5 cm³/mol. The molecule has 0 atom stereocenters. The minimum atomic E-state index is -2.56. The van der Waals surface area contributed by atoms with Gasteiger partial charge in [-0.15, -0.1) is 11.6 Å². The average Bonchev–Trinajstić information content (AvgIpc) is 2.08. The molecule has 0 radical (unpaired) electrons. The van der Waals surface area contributed by atoms with E-state index in [0.717, 1.165) is 0 Å². The molecule has 1 rings (SSSR count).